The van der Waals surface area contributed by atoms with Gasteiger partial charge in [0.05, 0.1) is 0 Å². The summed E-state index contributed by atoms with van der Waals surface area (Å²) in [5.41, 5.74) is 10.0. The van der Waals surface area contributed by atoms with Crippen LogP contribution < -0.4 is 0 Å². The van der Waals surface area contributed by atoms with Crippen LogP contribution in [-0.4, -0.2) is 16.1 Å². The zero-order valence-electron chi connectivity index (χ0n) is 9.87. The van der Waals surface area contributed by atoms with Crippen molar-refractivity contribution in [3.05, 3.63) is 22.2 Å². The summed E-state index contributed by atoms with van der Waals surface area (Å²) in [5.74, 6) is 0. The van der Waals surface area contributed by atoms with E-state index < -0.39 is 16.1 Å². The van der Waals surface area contributed by atoms with E-state index in [0.29, 0.717) is 0 Å². The van der Waals surface area contributed by atoms with Gasteiger partial charge in [0.15, 0.2) is 16.1 Å². The van der Waals surface area contributed by atoms with Crippen LogP contribution in [0.4, 0.5) is 0 Å². The SMILES string of the molecule is C#C[Si](C)(C)/C=C/S/C=C/[Si](C)(C)C#C. The predicted molar refractivity (Wildman–Crippen MR) is 78.5 cm³/mol. The van der Waals surface area contributed by atoms with Crippen molar-refractivity contribution in [1.29, 1.82) is 0 Å². The van der Waals surface area contributed by atoms with Gasteiger partial charge in [-0.1, -0.05) is 37.6 Å². The fraction of sp³-hybridized carbons (Fsp3) is 0.333. The summed E-state index contributed by atoms with van der Waals surface area (Å²) in [6.07, 6.45) is 10.9. The first-order valence-electron chi connectivity index (χ1n) is 4.79. The zero-order chi connectivity index (χ0) is 11.9. The Morgan fingerprint density at radius 1 is 0.867 bits per heavy atom. The van der Waals surface area contributed by atoms with Gasteiger partial charge in [-0.3, -0.25) is 0 Å². The number of terminal acetylenes is 2. The van der Waals surface area contributed by atoms with Gasteiger partial charge in [0.2, 0.25) is 0 Å². The molecule has 80 valence electrons. The van der Waals surface area contributed by atoms with Crippen LogP contribution in [0, 0.1) is 23.9 Å². The van der Waals surface area contributed by atoms with Crippen LogP contribution >= 0.6 is 11.8 Å². The van der Waals surface area contributed by atoms with Gasteiger partial charge in [-0.15, -0.1) is 35.7 Å². The minimum absolute atomic E-state index is 1.52. The molecule has 0 saturated carbocycles. The maximum Gasteiger partial charge on any atom is 0.155 e. The van der Waals surface area contributed by atoms with Gasteiger partial charge in [0.25, 0.3) is 0 Å². The molecule has 0 radical (unpaired) electrons. The maximum atomic E-state index is 5.43. The van der Waals surface area contributed by atoms with E-state index in [1.807, 2.05) is 0 Å². The van der Waals surface area contributed by atoms with Crippen LogP contribution in [0.2, 0.25) is 26.2 Å². The first-order valence-corrected chi connectivity index (χ1v) is 11.9. The molecule has 3 heteroatoms. The molecule has 0 aliphatic heterocycles. The molecule has 0 aromatic heterocycles. The highest BCUT2D eigenvalue weighted by Crippen LogP contribution is 2.12. The number of thioether (sulfide) groups is 1. The topological polar surface area (TPSA) is 0 Å². The molecule has 0 unspecified atom stereocenters. The Kier molecular flexibility index (Phi) is 5.82. The van der Waals surface area contributed by atoms with Gasteiger partial charge in [0.1, 0.15) is 0 Å². The average Bonchev–Trinajstić information content (AvgIpc) is 2.17. The van der Waals surface area contributed by atoms with E-state index in [-0.39, 0.29) is 0 Å². The lowest BCUT2D eigenvalue weighted by Gasteiger charge is -2.07. The van der Waals surface area contributed by atoms with E-state index in [1.165, 1.54) is 0 Å². The number of hydrogen-bond acceptors (Lipinski definition) is 1. The van der Waals surface area contributed by atoms with Crippen molar-refractivity contribution in [2.24, 2.45) is 0 Å². The molecule has 0 aliphatic rings. The van der Waals surface area contributed by atoms with Crippen LogP contribution in [0.3, 0.4) is 0 Å². The highest BCUT2D eigenvalue weighted by molar-refractivity contribution is 8.05. The van der Waals surface area contributed by atoms with Gasteiger partial charge in [-0.05, 0) is 10.8 Å². The fourth-order valence-electron chi connectivity index (χ4n) is 0.560. The Morgan fingerprint density at radius 2 is 1.20 bits per heavy atom. The molecule has 0 fully saturated rings. The number of hydrogen-bond donors (Lipinski definition) is 0. The first kappa shape index (κ1) is 14.4. The van der Waals surface area contributed by atoms with Crippen LogP contribution in [0.25, 0.3) is 0 Å². The van der Waals surface area contributed by atoms with Crippen molar-refractivity contribution in [1.82, 2.24) is 0 Å². The lowest BCUT2D eigenvalue weighted by molar-refractivity contribution is 1.90. The summed E-state index contributed by atoms with van der Waals surface area (Å²) >= 11 is 1.65. The monoisotopic (exact) mass is 250 g/mol. The summed E-state index contributed by atoms with van der Waals surface area (Å²) in [4.78, 5) is 0. The van der Waals surface area contributed by atoms with E-state index >= 15 is 0 Å². The average molecular weight is 251 g/mol. The van der Waals surface area contributed by atoms with E-state index in [9.17, 15) is 0 Å². The predicted octanol–water partition coefficient (Wildman–Crippen LogP) is 3.59. The second kappa shape index (κ2) is 6.07. The minimum atomic E-state index is -1.52. The van der Waals surface area contributed by atoms with E-state index in [1.54, 1.807) is 11.8 Å². The third-order valence-corrected chi connectivity index (χ3v) is 6.43. The molecule has 0 N–H and O–H groups in total. The number of rotatable bonds is 4. The molecular formula is C12H18SSi2. The van der Waals surface area contributed by atoms with Crippen molar-refractivity contribution in [2.75, 3.05) is 0 Å². The van der Waals surface area contributed by atoms with Crippen LogP contribution in [-0.2, 0) is 0 Å². The first-order chi connectivity index (χ1) is 6.83. The molecular weight excluding hydrogens is 232 g/mol. The lowest BCUT2D eigenvalue weighted by atomic mass is 11.2. The fourth-order valence-corrected chi connectivity index (χ4v) is 4.19. The van der Waals surface area contributed by atoms with Crippen LogP contribution in [0.15, 0.2) is 22.2 Å². The van der Waals surface area contributed by atoms with Gasteiger partial charge < -0.3 is 0 Å². The standard InChI is InChI=1S/C12H18SSi2/c1-7-14(3,4)11-9-13-10-12-15(5,6)8-2/h1-2,9-12H,3-6H3/b11-9+,12-10+. The van der Waals surface area contributed by atoms with Crippen molar-refractivity contribution >= 4 is 27.9 Å². The summed E-state index contributed by atoms with van der Waals surface area (Å²) in [5, 5.41) is 4.15. The molecule has 15 heavy (non-hydrogen) atoms. The van der Waals surface area contributed by atoms with E-state index in [2.05, 4.69) is 59.5 Å². The quantitative estimate of drug-likeness (QED) is 0.543. The Bertz CT molecular complexity index is 304. The zero-order valence-corrected chi connectivity index (χ0v) is 12.7. The summed E-state index contributed by atoms with van der Waals surface area (Å²) in [7, 11) is -3.04. The van der Waals surface area contributed by atoms with Gasteiger partial charge >= 0.3 is 0 Å². The Hall–Kier alpha value is -0.616. The molecule has 0 atom stereocenters. The van der Waals surface area contributed by atoms with Crippen LogP contribution in [0.5, 0.6) is 0 Å². The molecule has 0 spiro atoms. The van der Waals surface area contributed by atoms with Crippen molar-refractivity contribution in [2.45, 2.75) is 26.2 Å². The Morgan fingerprint density at radius 3 is 1.47 bits per heavy atom. The molecule has 0 amide bonds. The third kappa shape index (κ3) is 7.33. The second-order valence-electron chi connectivity index (χ2n) is 4.47. The van der Waals surface area contributed by atoms with E-state index in [4.69, 9.17) is 12.8 Å². The van der Waals surface area contributed by atoms with E-state index in [0.717, 1.165) is 0 Å². The van der Waals surface area contributed by atoms with Crippen molar-refractivity contribution in [3.8, 4) is 23.9 Å². The molecule has 0 aromatic rings. The second-order valence-corrected chi connectivity index (χ2v) is 13.4. The molecule has 0 heterocycles. The summed E-state index contributed by atoms with van der Waals surface area (Å²) in [6, 6.07) is 0. The van der Waals surface area contributed by atoms with Crippen LogP contribution in [0.1, 0.15) is 0 Å². The third-order valence-electron chi connectivity index (χ3n) is 1.87. The minimum Gasteiger partial charge on any atom is -0.130 e. The highest BCUT2D eigenvalue weighted by atomic mass is 32.2. The smallest absolute Gasteiger partial charge is 0.130 e. The largest absolute Gasteiger partial charge is 0.155 e. The summed E-state index contributed by atoms with van der Waals surface area (Å²) < 4.78 is 0. The van der Waals surface area contributed by atoms with Gasteiger partial charge in [0, 0.05) is 0 Å². The normalized spacial score (nSPS) is 12.9. The van der Waals surface area contributed by atoms with Crippen molar-refractivity contribution < 1.29 is 0 Å². The molecule has 0 rings (SSSR count). The van der Waals surface area contributed by atoms with Gasteiger partial charge in [-0.2, -0.15) is 0 Å². The molecule has 0 bridgehead atoms. The summed E-state index contributed by atoms with van der Waals surface area (Å²) in [6.45, 7) is 8.59. The van der Waals surface area contributed by atoms with Gasteiger partial charge in [-0.25, -0.2) is 0 Å². The Balaban J connectivity index is 4.14. The molecule has 0 aliphatic carbocycles. The molecule has 0 saturated heterocycles. The Labute approximate surface area is 100 Å². The highest BCUT2D eigenvalue weighted by Gasteiger charge is 2.12. The van der Waals surface area contributed by atoms with Crippen molar-refractivity contribution in [3.63, 3.8) is 0 Å². The maximum absolute atomic E-state index is 5.43. The lowest BCUT2D eigenvalue weighted by Crippen LogP contribution is -2.19. The molecule has 0 aromatic carbocycles. The molecule has 0 nitrogen and oxygen atoms in total.